The Morgan fingerprint density at radius 3 is 2.54 bits per heavy atom. The molecule has 3 aromatic rings. The van der Waals surface area contributed by atoms with E-state index in [1.54, 1.807) is 30.3 Å². The van der Waals surface area contributed by atoms with Crippen LogP contribution in [0, 0.1) is 17.1 Å². The van der Waals surface area contributed by atoms with Gasteiger partial charge in [-0.1, -0.05) is 42.5 Å². The van der Waals surface area contributed by atoms with E-state index in [4.69, 9.17) is 4.42 Å². The molecule has 0 atom stereocenters. The molecule has 1 N–H and O–H groups in total. The molecule has 0 spiro atoms. The summed E-state index contributed by atoms with van der Waals surface area (Å²) in [5.74, 6) is -0.273. The van der Waals surface area contributed by atoms with Crippen molar-refractivity contribution in [2.75, 3.05) is 0 Å². The summed E-state index contributed by atoms with van der Waals surface area (Å²) in [6, 6.07) is 20.7. The summed E-state index contributed by atoms with van der Waals surface area (Å²) < 4.78 is 19.4. The van der Waals surface area contributed by atoms with Crippen molar-refractivity contribution in [3.05, 3.63) is 89.4 Å². The van der Waals surface area contributed by atoms with Crippen molar-refractivity contribution in [3.8, 4) is 17.4 Å². The average Bonchev–Trinajstić information content (AvgIpc) is 3.13. The van der Waals surface area contributed by atoms with Gasteiger partial charge in [0.25, 0.3) is 5.91 Å². The second-order valence-corrected chi connectivity index (χ2v) is 5.52. The number of hydrogen-bond donors (Lipinski definition) is 1. The van der Waals surface area contributed by atoms with Gasteiger partial charge in [-0.25, -0.2) is 4.39 Å². The van der Waals surface area contributed by atoms with Gasteiger partial charge >= 0.3 is 0 Å². The molecule has 1 aromatic heterocycles. The molecule has 1 heterocycles. The molecule has 3 rings (SSSR count). The summed E-state index contributed by atoms with van der Waals surface area (Å²) in [5, 5.41) is 11.9. The highest BCUT2D eigenvalue weighted by Gasteiger charge is 2.12. The smallest absolute Gasteiger partial charge is 0.262 e. The Morgan fingerprint density at radius 2 is 1.81 bits per heavy atom. The lowest BCUT2D eigenvalue weighted by Crippen LogP contribution is -2.23. The zero-order chi connectivity index (χ0) is 18.4. The fourth-order valence-electron chi connectivity index (χ4n) is 2.40. The number of rotatable bonds is 5. The molecule has 1 amide bonds. The molecule has 0 saturated heterocycles. The predicted octanol–water partition coefficient (Wildman–Crippen LogP) is 4.31. The van der Waals surface area contributed by atoms with Gasteiger partial charge in [0.15, 0.2) is 0 Å². The fourth-order valence-corrected chi connectivity index (χ4v) is 2.40. The van der Waals surface area contributed by atoms with Crippen LogP contribution in [0.15, 0.2) is 76.7 Å². The Labute approximate surface area is 150 Å². The van der Waals surface area contributed by atoms with Gasteiger partial charge in [-0.05, 0) is 29.8 Å². The number of carbonyl (C=O) groups excluding carboxylic acids is 1. The van der Waals surface area contributed by atoms with Crippen molar-refractivity contribution < 1.29 is 13.6 Å². The molecule has 0 saturated carbocycles. The number of amides is 1. The molecule has 0 aliphatic carbocycles. The highest BCUT2D eigenvalue weighted by atomic mass is 19.1. The zero-order valence-electron chi connectivity index (χ0n) is 13.8. The SMILES string of the molecule is N#C/C(=C\c1ccc(-c2ccccc2F)o1)C(=O)NCc1ccccc1. The van der Waals surface area contributed by atoms with Crippen LogP contribution in [-0.4, -0.2) is 5.91 Å². The molecule has 4 nitrogen and oxygen atoms in total. The first-order valence-electron chi connectivity index (χ1n) is 7.96. The van der Waals surface area contributed by atoms with Crippen LogP contribution in [0.1, 0.15) is 11.3 Å². The highest BCUT2D eigenvalue weighted by Crippen LogP contribution is 2.25. The average molecular weight is 346 g/mol. The van der Waals surface area contributed by atoms with Gasteiger partial charge < -0.3 is 9.73 Å². The lowest BCUT2D eigenvalue weighted by atomic mass is 10.1. The second kappa shape index (κ2) is 7.95. The third-order valence-electron chi connectivity index (χ3n) is 3.71. The minimum absolute atomic E-state index is 0.0876. The molecule has 5 heteroatoms. The van der Waals surface area contributed by atoms with Gasteiger partial charge in [-0.2, -0.15) is 5.26 Å². The van der Waals surface area contributed by atoms with Crippen LogP contribution in [-0.2, 0) is 11.3 Å². The summed E-state index contributed by atoms with van der Waals surface area (Å²) in [4.78, 5) is 12.2. The van der Waals surface area contributed by atoms with Crippen LogP contribution >= 0.6 is 0 Å². The Morgan fingerprint density at radius 1 is 1.08 bits per heavy atom. The van der Waals surface area contributed by atoms with Gasteiger partial charge in [0, 0.05) is 12.6 Å². The van der Waals surface area contributed by atoms with E-state index in [1.165, 1.54) is 12.1 Å². The number of carbonyl (C=O) groups is 1. The number of furan rings is 1. The Hall–Kier alpha value is -3.65. The van der Waals surface area contributed by atoms with Crippen molar-refractivity contribution in [1.82, 2.24) is 5.32 Å². The molecule has 26 heavy (non-hydrogen) atoms. The first-order valence-corrected chi connectivity index (χ1v) is 7.96. The van der Waals surface area contributed by atoms with E-state index < -0.39 is 11.7 Å². The number of hydrogen-bond acceptors (Lipinski definition) is 3. The Kier molecular flexibility index (Phi) is 5.25. The maximum absolute atomic E-state index is 13.8. The van der Waals surface area contributed by atoms with Crippen molar-refractivity contribution in [1.29, 1.82) is 5.26 Å². The van der Waals surface area contributed by atoms with Gasteiger partial charge in [-0.3, -0.25) is 4.79 Å². The van der Waals surface area contributed by atoms with Gasteiger partial charge in [0.2, 0.25) is 0 Å². The molecule has 0 fully saturated rings. The largest absolute Gasteiger partial charge is 0.457 e. The summed E-state index contributed by atoms with van der Waals surface area (Å²) in [6.07, 6.45) is 1.34. The van der Waals surface area contributed by atoms with Crippen LogP contribution in [0.3, 0.4) is 0 Å². The van der Waals surface area contributed by atoms with Crippen LogP contribution in [0.2, 0.25) is 0 Å². The minimum Gasteiger partial charge on any atom is -0.457 e. The van der Waals surface area contributed by atoms with Crippen LogP contribution in [0.5, 0.6) is 0 Å². The van der Waals surface area contributed by atoms with Crippen molar-refractivity contribution in [2.45, 2.75) is 6.54 Å². The van der Waals surface area contributed by atoms with Crippen molar-refractivity contribution in [3.63, 3.8) is 0 Å². The van der Waals surface area contributed by atoms with E-state index in [0.29, 0.717) is 23.6 Å². The number of nitrogens with one attached hydrogen (secondary N) is 1. The van der Waals surface area contributed by atoms with E-state index in [1.807, 2.05) is 36.4 Å². The topological polar surface area (TPSA) is 66.0 Å². The normalized spacial score (nSPS) is 11.0. The number of halogens is 1. The third kappa shape index (κ3) is 4.05. The van der Waals surface area contributed by atoms with Crippen LogP contribution in [0.4, 0.5) is 4.39 Å². The Bertz CT molecular complexity index is 985. The van der Waals surface area contributed by atoms with E-state index in [9.17, 15) is 14.4 Å². The first-order chi connectivity index (χ1) is 12.7. The zero-order valence-corrected chi connectivity index (χ0v) is 13.8. The monoisotopic (exact) mass is 346 g/mol. The van der Waals surface area contributed by atoms with E-state index in [2.05, 4.69) is 5.32 Å². The second-order valence-electron chi connectivity index (χ2n) is 5.52. The number of nitriles is 1. The first kappa shape index (κ1) is 17.2. The quantitative estimate of drug-likeness (QED) is 0.553. The third-order valence-corrected chi connectivity index (χ3v) is 3.71. The van der Waals surface area contributed by atoms with Gasteiger partial charge in [0.05, 0.1) is 5.56 Å². The molecular formula is C21H15FN2O2. The van der Waals surface area contributed by atoms with Crippen LogP contribution < -0.4 is 5.32 Å². The molecular weight excluding hydrogens is 331 g/mol. The molecule has 0 radical (unpaired) electrons. The summed E-state index contributed by atoms with van der Waals surface area (Å²) in [7, 11) is 0. The lowest BCUT2D eigenvalue weighted by Gasteiger charge is -2.04. The molecule has 0 bridgehead atoms. The van der Waals surface area contributed by atoms with Gasteiger partial charge in [-0.15, -0.1) is 0 Å². The molecule has 0 aliphatic heterocycles. The Balaban J connectivity index is 1.74. The molecule has 0 aliphatic rings. The number of nitrogens with zero attached hydrogens (tertiary/aromatic N) is 1. The lowest BCUT2D eigenvalue weighted by molar-refractivity contribution is -0.117. The standard InChI is InChI=1S/C21H15FN2O2/c22-19-9-5-4-8-18(19)20-11-10-17(26-20)12-16(13-23)21(25)24-14-15-6-2-1-3-7-15/h1-12H,14H2,(H,24,25)/b16-12+. The van der Waals surface area contributed by atoms with E-state index in [-0.39, 0.29) is 5.57 Å². The van der Waals surface area contributed by atoms with E-state index in [0.717, 1.165) is 5.56 Å². The fraction of sp³-hybridized carbons (Fsp3) is 0.0476. The van der Waals surface area contributed by atoms with E-state index >= 15 is 0 Å². The summed E-state index contributed by atoms with van der Waals surface area (Å²) in [5.41, 5.74) is 1.16. The predicted molar refractivity (Wildman–Crippen MR) is 96.0 cm³/mol. The summed E-state index contributed by atoms with van der Waals surface area (Å²) >= 11 is 0. The maximum atomic E-state index is 13.8. The maximum Gasteiger partial charge on any atom is 0.262 e. The van der Waals surface area contributed by atoms with Crippen LogP contribution in [0.25, 0.3) is 17.4 Å². The van der Waals surface area contributed by atoms with Gasteiger partial charge in [0.1, 0.15) is 29.0 Å². The summed E-state index contributed by atoms with van der Waals surface area (Å²) in [6.45, 7) is 0.317. The van der Waals surface area contributed by atoms with Crippen molar-refractivity contribution in [2.24, 2.45) is 0 Å². The molecule has 0 unspecified atom stereocenters. The van der Waals surface area contributed by atoms with Crippen molar-refractivity contribution >= 4 is 12.0 Å². The number of benzene rings is 2. The molecule has 2 aromatic carbocycles. The highest BCUT2D eigenvalue weighted by molar-refractivity contribution is 6.01. The molecule has 128 valence electrons. The minimum atomic E-state index is -0.500.